The monoisotopic (exact) mass is 555 g/mol. The van der Waals surface area contributed by atoms with Crippen LogP contribution in [0.2, 0.25) is 0 Å². The van der Waals surface area contributed by atoms with Crippen molar-refractivity contribution < 1.29 is 9.15 Å². The second-order valence-corrected chi connectivity index (χ2v) is 12.1. The number of nitrogens with zero attached hydrogens (tertiary/aromatic N) is 1. The Bertz CT molecular complexity index is 2470. The lowest BCUT2D eigenvalue weighted by Gasteiger charge is -2.33. The molecule has 4 atom stereocenters. The summed E-state index contributed by atoms with van der Waals surface area (Å²) in [7, 11) is 0. The van der Waals surface area contributed by atoms with Crippen molar-refractivity contribution in [2.24, 2.45) is 0 Å². The van der Waals surface area contributed by atoms with E-state index in [-0.39, 0.29) is 24.1 Å². The number of hydrogen-bond donors (Lipinski definition) is 2. The lowest BCUT2D eigenvalue weighted by Crippen LogP contribution is -2.41. The molecule has 4 aromatic carbocycles. The molecule has 3 aromatic heterocycles. The lowest BCUT2D eigenvalue weighted by atomic mass is 9.84. The molecule has 0 bridgehead atoms. The first-order valence-electron chi connectivity index (χ1n) is 15.0. The quantitative estimate of drug-likeness (QED) is 0.213. The minimum absolute atomic E-state index is 0.0342. The van der Waals surface area contributed by atoms with Crippen LogP contribution in [0.3, 0.4) is 0 Å². The SMILES string of the molecule is C1=CC2Nc3c(n4c5ccc(C6=CC=CC7c8ccccc8OC67)cc5c5c6c(cc3c54)oc3ccccc36)NC2C=C1. The Kier molecular flexibility index (Phi) is 3.97. The van der Waals surface area contributed by atoms with Gasteiger partial charge in [0.2, 0.25) is 0 Å². The molecular formula is C38H25N3O2. The van der Waals surface area contributed by atoms with Gasteiger partial charge in [0, 0.05) is 44.0 Å². The molecule has 0 saturated carbocycles. The molecule has 4 unspecified atom stereocenters. The summed E-state index contributed by atoms with van der Waals surface area (Å²) in [5.74, 6) is 2.31. The van der Waals surface area contributed by atoms with Gasteiger partial charge < -0.3 is 19.8 Å². The molecule has 2 aliphatic carbocycles. The van der Waals surface area contributed by atoms with E-state index >= 15 is 0 Å². The number of allylic oxidation sites excluding steroid dienone is 4. The number of furan rings is 1. The molecule has 4 aliphatic rings. The summed E-state index contributed by atoms with van der Waals surface area (Å²) in [6.45, 7) is 0. The first kappa shape index (κ1) is 22.2. The van der Waals surface area contributed by atoms with Crippen molar-refractivity contribution in [1.82, 2.24) is 4.40 Å². The van der Waals surface area contributed by atoms with Gasteiger partial charge in [0.1, 0.15) is 28.8 Å². The maximum atomic E-state index is 6.57. The van der Waals surface area contributed by atoms with E-state index in [1.54, 1.807) is 0 Å². The molecule has 0 fully saturated rings. The zero-order valence-corrected chi connectivity index (χ0v) is 23.0. The molecule has 5 heterocycles. The van der Waals surface area contributed by atoms with E-state index in [1.807, 2.05) is 6.07 Å². The van der Waals surface area contributed by atoms with E-state index < -0.39 is 0 Å². The van der Waals surface area contributed by atoms with E-state index in [9.17, 15) is 0 Å². The standard InChI is InChI=1S/C38H25N3O2/c1-5-14-30-22(8-1)23-11-7-10-21(37(23)43-30)20-16-17-29-25(18-20)34-33-24-9-2-6-15-31(24)42-32(33)19-26-35-38(41(29)36(26)34)40-28-13-4-3-12-27(28)39-35/h1-19,23,27-28,37,39-40H. The molecule has 5 nitrogen and oxygen atoms in total. The summed E-state index contributed by atoms with van der Waals surface area (Å²) in [5, 5.41) is 13.7. The van der Waals surface area contributed by atoms with Gasteiger partial charge in [-0.15, -0.1) is 0 Å². The molecule has 2 aliphatic heterocycles. The molecule has 7 aromatic rings. The highest BCUT2D eigenvalue weighted by atomic mass is 16.5. The molecule has 0 amide bonds. The number of rotatable bonds is 1. The van der Waals surface area contributed by atoms with Crippen LogP contribution in [-0.2, 0) is 0 Å². The first-order chi connectivity index (χ1) is 21.3. The van der Waals surface area contributed by atoms with Crippen molar-refractivity contribution in [2.45, 2.75) is 24.1 Å². The molecule has 0 saturated heterocycles. The van der Waals surface area contributed by atoms with Gasteiger partial charge in [0.25, 0.3) is 0 Å². The minimum Gasteiger partial charge on any atom is -0.484 e. The summed E-state index contributed by atoms with van der Waals surface area (Å²) in [4.78, 5) is 0. The summed E-state index contributed by atoms with van der Waals surface area (Å²) in [6.07, 6.45) is 15.4. The fourth-order valence-corrected chi connectivity index (χ4v) is 8.09. The first-order valence-corrected chi connectivity index (χ1v) is 15.0. The molecule has 204 valence electrons. The van der Waals surface area contributed by atoms with Crippen molar-refractivity contribution >= 4 is 66.2 Å². The lowest BCUT2D eigenvalue weighted by molar-refractivity contribution is 0.278. The summed E-state index contributed by atoms with van der Waals surface area (Å²) >= 11 is 0. The number of aromatic nitrogens is 1. The number of nitrogens with one attached hydrogen (secondary N) is 2. The van der Waals surface area contributed by atoms with Crippen LogP contribution in [0, 0.1) is 0 Å². The number of anilines is 2. The van der Waals surface area contributed by atoms with Crippen LogP contribution in [0.15, 0.2) is 120 Å². The second kappa shape index (κ2) is 7.69. The maximum Gasteiger partial charge on any atom is 0.136 e. The van der Waals surface area contributed by atoms with Crippen LogP contribution in [0.4, 0.5) is 11.5 Å². The number of hydrogen-bond acceptors (Lipinski definition) is 4. The van der Waals surface area contributed by atoms with Crippen LogP contribution in [0.5, 0.6) is 5.75 Å². The van der Waals surface area contributed by atoms with Gasteiger partial charge in [0.15, 0.2) is 0 Å². The van der Waals surface area contributed by atoms with E-state index in [0.29, 0.717) is 0 Å². The zero-order valence-electron chi connectivity index (χ0n) is 23.0. The fraction of sp³-hybridized carbons (Fsp3) is 0.105. The average Bonchev–Trinajstić information content (AvgIpc) is 3.79. The fourth-order valence-electron chi connectivity index (χ4n) is 8.09. The molecule has 2 N–H and O–H groups in total. The number of fused-ring (bicyclic) bond motifs is 14. The van der Waals surface area contributed by atoms with Crippen LogP contribution >= 0.6 is 0 Å². The van der Waals surface area contributed by atoms with Gasteiger partial charge in [-0.1, -0.05) is 85.0 Å². The normalized spacial score (nSPS) is 23.3. The van der Waals surface area contributed by atoms with E-state index in [2.05, 4.69) is 124 Å². The second-order valence-electron chi connectivity index (χ2n) is 12.1. The summed E-state index contributed by atoms with van der Waals surface area (Å²) in [6, 6.07) is 26.4. The largest absolute Gasteiger partial charge is 0.484 e. The Morgan fingerprint density at radius 3 is 2.51 bits per heavy atom. The van der Waals surface area contributed by atoms with E-state index in [1.165, 1.54) is 49.3 Å². The number of para-hydroxylation sites is 2. The highest BCUT2D eigenvalue weighted by Gasteiger charge is 2.37. The maximum absolute atomic E-state index is 6.57. The van der Waals surface area contributed by atoms with Gasteiger partial charge in [-0.2, -0.15) is 0 Å². The Hall–Kier alpha value is -5.42. The Morgan fingerprint density at radius 2 is 1.56 bits per heavy atom. The molecular weight excluding hydrogens is 530 g/mol. The molecule has 11 rings (SSSR count). The predicted molar refractivity (Wildman–Crippen MR) is 175 cm³/mol. The topological polar surface area (TPSA) is 50.8 Å². The minimum atomic E-state index is -0.0342. The van der Waals surface area contributed by atoms with E-state index in [4.69, 9.17) is 9.15 Å². The van der Waals surface area contributed by atoms with Crippen molar-refractivity contribution in [1.29, 1.82) is 0 Å². The van der Waals surface area contributed by atoms with Gasteiger partial charge >= 0.3 is 0 Å². The van der Waals surface area contributed by atoms with Crippen molar-refractivity contribution in [3.8, 4) is 5.75 Å². The van der Waals surface area contributed by atoms with Crippen molar-refractivity contribution in [3.63, 3.8) is 0 Å². The van der Waals surface area contributed by atoms with Gasteiger partial charge in [-0.3, -0.25) is 4.40 Å². The Labute approximate surface area is 246 Å². The smallest absolute Gasteiger partial charge is 0.136 e. The number of ether oxygens (including phenoxy) is 1. The van der Waals surface area contributed by atoms with Crippen molar-refractivity contribution in [3.05, 3.63) is 126 Å². The van der Waals surface area contributed by atoms with Crippen LogP contribution < -0.4 is 15.4 Å². The van der Waals surface area contributed by atoms with Gasteiger partial charge in [0.05, 0.1) is 28.8 Å². The van der Waals surface area contributed by atoms with Crippen LogP contribution in [-0.4, -0.2) is 22.6 Å². The van der Waals surface area contributed by atoms with E-state index in [0.717, 1.165) is 33.8 Å². The van der Waals surface area contributed by atoms with Gasteiger partial charge in [-0.25, -0.2) is 0 Å². The molecule has 0 radical (unpaired) electrons. The predicted octanol–water partition coefficient (Wildman–Crippen LogP) is 8.78. The molecule has 0 spiro atoms. The average molecular weight is 556 g/mol. The highest BCUT2D eigenvalue weighted by molar-refractivity contribution is 6.33. The summed E-state index contributed by atoms with van der Waals surface area (Å²) < 4.78 is 15.5. The highest BCUT2D eigenvalue weighted by Crippen LogP contribution is 2.51. The third-order valence-electron chi connectivity index (χ3n) is 9.94. The van der Waals surface area contributed by atoms with Crippen LogP contribution in [0.25, 0.3) is 54.7 Å². The Morgan fingerprint density at radius 1 is 0.698 bits per heavy atom. The third-order valence-corrected chi connectivity index (χ3v) is 9.94. The summed E-state index contributed by atoms with van der Waals surface area (Å²) in [5.41, 5.74) is 9.04. The van der Waals surface area contributed by atoms with Gasteiger partial charge in [-0.05, 0) is 35.9 Å². The zero-order chi connectivity index (χ0) is 27.8. The third kappa shape index (κ3) is 2.73. The molecule has 5 heteroatoms. The number of benzene rings is 4. The molecule has 43 heavy (non-hydrogen) atoms. The van der Waals surface area contributed by atoms with Crippen LogP contribution in [0.1, 0.15) is 17.0 Å². The van der Waals surface area contributed by atoms with Crippen molar-refractivity contribution in [2.75, 3.05) is 10.6 Å². The Balaban J connectivity index is 1.21.